The Morgan fingerprint density at radius 1 is 1.22 bits per heavy atom. The van der Waals surface area contributed by atoms with Crippen molar-refractivity contribution in [3.05, 3.63) is 0 Å². The number of carboxylic acid groups (broad SMARTS) is 1. The van der Waals surface area contributed by atoms with Crippen LogP contribution in [0.1, 0.15) is 34.1 Å². The van der Waals surface area contributed by atoms with E-state index in [-0.39, 0.29) is 0 Å². The minimum Gasteiger partial charge on any atom is -0.480 e. The Labute approximate surface area is 109 Å². The summed E-state index contributed by atoms with van der Waals surface area (Å²) >= 11 is 0. The van der Waals surface area contributed by atoms with Crippen molar-refractivity contribution in [1.82, 2.24) is 15.5 Å². The molecule has 106 valence electrons. The van der Waals surface area contributed by atoms with Gasteiger partial charge in [-0.25, -0.2) is 9.59 Å². The van der Waals surface area contributed by atoms with E-state index >= 15 is 0 Å². The Hall–Kier alpha value is -1.30. The molecule has 0 heterocycles. The highest BCUT2D eigenvalue weighted by Crippen LogP contribution is 2.08. The number of urea groups is 1. The number of aliphatic carboxylic acids is 1. The van der Waals surface area contributed by atoms with Crippen molar-refractivity contribution < 1.29 is 14.7 Å². The van der Waals surface area contributed by atoms with Crippen LogP contribution < -0.4 is 10.6 Å². The summed E-state index contributed by atoms with van der Waals surface area (Å²) in [7, 11) is 0. The van der Waals surface area contributed by atoms with Gasteiger partial charge in [0.15, 0.2) is 0 Å². The van der Waals surface area contributed by atoms with Crippen LogP contribution in [0.25, 0.3) is 0 Å². The molecule has 0 aliphatic carbocycles. The van der Waals surface area contributed by atoms with Crippen LogP contribution in [-0.4, -0.2) is 53.7 Å². The molecule has 0 spiro atoms. The molecule has 0 aromatic rings. The van der Waals surface area contributed by atoms with E-state index in [1.54, 1.807) is 6.92 Å². The first-order chi connectivity index (χ1) is 8.39. The molecule has 0 aliphatic rings. The third-order valence-corrected chi connectivity index (χ3v) is 3.18. The van der Waals surface area contributed by atoms with Gasteiger partial charge in [0.05, 0.1) is 0 Å². The standard InChI is InChI=1S/C12H25N3O3/c1-5-12(4,10(16)17)14-11(18)13-8-9-15(6-2)7-3/h5-9H2,1-4H3,(H,16,17)(H2,13,14,18). The molecule has 0 radical (unpaired) electrons. The number of carbonyl (C=O) groups excluding carboxylic acids is 1. The summed E-state index contributed by atoms with van der Waals surface area (Å²) in [5.74, 6) is -1.02. The first-order valence-electron chi connectivity index (χ1n) is 6.41. The van der Waals surface area contributed by atoms with Gasteiger partial charge in [0.2, 0.25) is 0 Å². The fourth-order valence-electron chi connectivity index (χ4n) is 1.46. The number of carbonyl (C=O) groups is 2. The van der Waals surface area contributed by atoms with Crippen LogP contribution in [0.2, 0.25) is 0 Å². The normalized spacial score (nSPS) is 14.1. The van der Waals surface area contributed by atoms with Crippen molar-refractivity contribution in [2.45, 2.75) is 39.7 Å². The van der Waals surface area contributed by atoms with Gasteiger partial charge in [0, 0.05) is 13.1 Å². The lowest BCUT2D eigenvalue weighted by Gasteiger charge is -2.25. The van der Waals surface area contributed by atoms with Gasteiger partial charge in [-0.3, -0.25) is 0 Å². The molecule has 0 saturated carbocycles. The number of carboxylic acids is 1. The van der Waals surface area contributed by atoms with Crippen molar-refractivity contribution in [2.75, 3.05) is 26.2 Å². The molecule has 6 heteroatoms. The van der Waals surface area contributed by atoms with Gasteiger partial charge in [0.1, 0.15) is 5.54 Å². The van der Waals surface area contributed by atoms with Crippen molar-refractivity contribution in [3.8, 4) is 0 Å². The Balaban J connectivity index is 4.08. The smallest absolute Gasteiger partial charge is 0.329 e. The van der Waals surface area contributed by atoms with Crippen LogP contribution in [0, 0.1) is 0 Å². The van der Waals surface area contributed by atoms with E-state index in [1.165, 1.54) is 6.92 Å². The van der Waals surface area contributed by atoms with Crippen LogP contribution in [0.3, 0.4) is 0 Å². The SMILES string of the molecule is CCN(CC)CCNC(=O)NC(C)(CC)C(=O)O. The van der Waals surface area contributed by atoms with Crippen molar-refractivity contribution >= 4 is 12.0 Å². The van der Waals surface area contributed by atoms with Gasteiger partial charge < -0.3 is 20.6 Å². The largest absolute Gasteiger partial charge is 0.480 e. The lowest BCUT2D eigenvalue weighted by Crippen LogP contribution is -2.55. The van der Waals surface area contributed by atoms with Crippen LogP contribution in [0.4, 0.5) is 4.79 Å². The number of nitrogens with zero attached hydrogens (tertiary/aromatic N) is 1. The molecule has 0 aromatic carbocycles. The van der Waals surface area contributed by atoms with E-state index in [0.717, 1.165) is 19.6 Å². The predicted octanol–water partition coefficient (Wildman–Crippen LogP) is 0.881. The second-order valence-corrected chi connectivity index (χ2v) is 4.40. The number of likely N-dealkylation sites (N-methyl/N-ethyl adjacent to an activating group) is 1. The van der Waals surface area contributed by atoms with Gasteiger partial charge in [-0.1, -0.05) is 20.8 Å². The van der Waals surface area contributed by atoms with Gasteiger partial charge in [-0.05, 0) is 26.4 Å². The number of nitrogens with one attached hydrogen (secondary N) is 2. The van der Waals surface area contributed by atoms with E-state index in [4.69, 9.17) is 5.11 Å². The van der Waals surface area contributed by atoms with Crippen LogP contribution in [0.5, 0.6) is 0 Å². The van der Waals surface area contributed by atoms with Crippen LogP contribution in [-0.2, 0) is 4.79 Å². The maximum absolute atomic E-state index is 11.6. The molecular weight excluding hydrogens is 234 g/mol. The van der Waals surface area contributed by atoms with Crippen LogP contribution >= 0.6 is 0 Å². The summed E-state index contributed by atoms with van der Waals surface area (Å²) in [6.45, 7) is 10.5. The second kappa shape index (κ2) is 7.92. The summed E-state index contributed by atoms with van der Waals surface area (Å²) in [4.78, 5) is 24.8. The maximum atomic E-state index is 11.6. The van der Waals surface area contributed by atoms with Crippen molar-refractivity contribution in [1.29, 1.82) is 0 Å². The monoisotopic (exact) mass is 259 g/mol. The average molecular weight is 259 g/mol. The summed E-state index contributed by atoms with van der Waals surface area (Å²) in [6, 6.07) is -0.436. The molecule has 2 amide bonds. The number of amides is 2. The molecule has 1 unspecified atom stereocenters. The fraction of sp³-hybridized carbons (Fsp3) is 0.833. The zero-order valence-electron chi connectivity index (χ0n) is 11.7. The summed E-state index contributed by atoms with van der Waals surface area (Å²) in [5, 5.41) is 14.2. The molecule has 0 rings (SSSR count). The fourth-order valence-corrected chi connectivity index (χ4v) is 1.46. The lowest BCUT2D eigenvalue weighted by atomic mass is 10.00. The summed E-state index contributed by atoms with van der Waals surface area (Å²) in [6.07, 6.45) is 0.339. The molecule has 0 aliphatic heterocycles. The first-order valence-corrected chi connectivity index (χ1v) is 6.41. The topological polar surface area (TPSA) is 81.7 Å². The Morgan fingerprint density at radius 3 is 2.17 bits per heavy atom. The van der Waals surface area contributed by atoms with Gasteiger partial charge >= 0.3 is 12.0 Å². The molecule has 0 bridgehead atoms. The highest BCUT2D eigenvalue weighted by Gasteiger charge is 2.32. The van der Waals surface area contributed by atoms with E-state index in [0.29, 0.717) is 13.0 Å². The summed E-state index contributed by atoms with van der Waals surface area (Å²) in [5.41, 5.74) is -1.21. The van der Waals surface area contributed by atoms with E-state index < -0.39 is 17.5 Å². The molecule has 0 aromatic heterocycles. The molecular formula is C12H25N3O3. The predicted molar refractivity (Wildman–Crippen MR) is 70.7 cm³/mol. The van der Waals surface area contributed by atoms with E-state index in [9.17, 15) is 9.59 Å². The minimum absolute atomic E-state index is 0.339. The highest BCUT2D eigenvalue weighted by molar-refractivity contribution is 5.85. The van der Waals surface area contributed by atoms with Gasteiger partial charge in [-0.15, -0.1) is 0 Å². The molecule has 6 nitrogen and oxygen atoms in total. The van der Waals surface area contributed by atoms with Crippen LogP contribution in [0.15, 0.2) is 0 Å². The third-order valence-electron chi connectivity index (χ3n) is 3.18. The molecule has 0 saturated heterocycles. The Bertz CT molecular complexity index is 280. The third kappa shape index (κ3) is 5.35. The summed E-state index contributed by atoms with van der Waals surface area (Å²) < 4.78 is 0. The molecule has 18 heavy (non-hydrogen) atoms. The maximum Gasteiger partial charge on any atom is 0.329 e. The molecule has 3 N–H and O–H groups in total. The van der Waals surface area contributed by atoms with E-state index in [1.807, 2.05) is 0 Å². The Morgan fingerprint density at radius 2 is 1.78 bits per heavy atom. The zero-order valence-corrected chi connectivity index (χ0v) is 11.7. The molecule has 0 fully saturated rings. The number of hydrogen-bond acceptors (Lipinski definition) is 3. The van der Waals surface area contributed by atoms with Gasteiger partial charge in [0.25, 0.3) is 0 Å². The lowest BCUT2D eigenvalue weighted by molar-refractivity contribution is -0.143. The second-order valence-electron chi connectivity index (χ2n) is 4.40. The van der Waals surface area contributed by atoms with E-state index in [2.05, 4.69) is 29.4 Å². The zero-order chi connectivity index (χ0) is 14.2. The number of rotatable bonds is 8. The first kappa shape index (κ1) is 16.7. The van der Waals surface area contributed by atoms with Crippen molar-refractivity contribution in [3.63, 3.8) is 0 Å². The van der Waals surface area contributed by atoms with Crippen molar-refractivity contribution in [2.24, 2.45) is 0 Å². The highest BCUT2D eigenvalue weighted by atomic mass is 16.4. The molecule has 1 atom stereocenters. The minimum atomic E-state index is -1.21. The van der Waals surface area contributed by atoms with Gasteiger partial charge in [-0.2, -0.15) is 0 Å². The quantitative estimate of drug-likeness (QED) is 0.604. The number of hydrogen-bond donors (Lipinski definition) is 3. The Kier molecular flexibility index (Phi) is 7.35. The average Bonchev–Trinajstić information content (AvgIpc) is 2.34.